The van der Waals surface area contributed by atoms with E-state index in [9.17, 15) is 0 Å². The SMILES string of the molecule is C=C(S)c1ccccc1C(=C)OC.CCCOCC. The van der Waals surface area contributed by atoms with E-state index in [4.69, 9.17) is 9.47 Å². The summed E-state index contributed by atoms with van der Waals surface area (Å²) in [4.78, 5) is 0.716. The number of hydrogen-bond acceptors (Lipinski definition) is 3. The zero-order valence-electron chi connectivity index (χ0n) is 12.1. The Morgan fingerprint density at radius 1 is 1.16 bits per heavy atom. The second kappa shape index (κ2) is 10.7. The Morgan fingerprint density at radius 3 is 2.11 bits per heavy atom. The van der Waals surface area contributed by atoms with Crippen molar-refractivity contribution in [1.82, 2.24) is 0 Å². The third-order valence-corrected chi connectivity index (χ3v) is 2.58. The minimum Gasteiger partial charge on any atom is -0.497 e. The van der Waals surface area contributed by atoms with Crippen LogP contribution in [0.1, 0.15) is 31.4 Å². The lowest BCUT2D eigenvalue weighted by Crippen LogP contribution is -1.90. The van der Waals surface area contributed by atoms with Gasteiger partial charge in [0.25, 0.3) is 0 Å². The Balaban J connectivity index is 0.000000459. The van der Waals surface area contributed by atoms with Gasteiger partial charge in [0.1, 0.15) is 5.76 Å². The number of thiol groups is 1. The van der Waals surface area contributed by atoms with Gasteiger partial charge in [-0.1, -0.05) is 44.3 Å². The second-order valence-electron chi connectivity index (χ2n) is 3.82. The number of ether oxygens (including phenoxy) is 2. The highest BCUT2D eigenvalue weighted by atomic mass is 32.1. The average Bonchev–Trinajstić information content (AvgIpc) is 2.44. The molecule has 0 fully saturated rings. The molecule has 0 unspecified atom stereocenters. The molecule has 1 rings (SSSR count). The van der Waals surface area contributed by atoms with E-state index in [2.05, 4.69) is 32.7 Å². The van der Waals surface area contributed by atoms with Gasteiger partial charge in [0.05, 0.1) is 7.11 Å². The Bertz CT molecular complexity index is 395. The van der Waals surface area contributed by atoms with Crippen LogP contribution in [-0.2, 0) is 9.47 Å². The molecule has 0 atom stereocenters. The molecule has 3 heteroatoms. The van der Waals surface area contributed by atoms with Crippen molar-refractivity contribution in [3.63, 3.8) is 0 Å². The fraction of sp³-hybridized carbons (Fsp3) is 0.375. The molecule has 0 aliphatic heterocycles. The van der Waals surface area contributed by atoms with E-state index < -0.39 is 0 Å². The van der Waals surface area contributed by atoms with Crippen LogP contribution in [0.4, 0.5) is 0 Å². The van der Waals surface area contributed by atoms with Gasteiger partial charge in [-0.25, -0.2) is 0 Å². The van der Waals surface area contributed by atoms with E-state index in [-0.39, 0.29) is 0 Å². The smallest absolute Gasteiger partial charge is 0.119 e. The van der Waals surface area contributed by atoms with Crippen molar-refractivity contribution < 1.29 is 9.47 Å². The Kier molecular flexibility index (Phi) is 10.0. The van der Waals surface area contributed by atoms with Crippen LogP contribution in [-0.4, -0.2) is 20.3 Å². The first-order valence-electron chi connectivity index (χ1n) is 6.36. The molecule has 0 heterocycles. The van der Waals surface area contributed by atoms with Crippen LogP contribution in [0.3, 0.4) is 0 Å². The Labute approximate surface area is 122 Å². The third-order valence-electron chi connectivity index (χ3n) is 2.34. The van der Waals surface area contributed by atoms with Gasteiger partial charge in [0, 0.05) is 23.7 Å². The van der Waals surface area contributed by atoms with Crippen LogP contribution < -0.4 is 0 Å². The van der Waals surface area contributed by atoms with Gasteiger partial charge < -0.3 is 9.47 Å². The lowest BCUT2D eigenvalue weighted by Gasteiger charge is -2.09. The van der Waals surface area contributed by atoms with E-state index >= 15 is 0 Å². The molecule has 0 amide bonds. The van der Waals surface area contributed by atoms with Crippen LogP contribution in [0.25, 0.3) is 10.7 Å². The second-order valence-corrected chi connectivity index (χ2v) is 4.36. The van der Waals surface area contributed by atoms with Gasteiger partial charge in [0.15, 0.2) is 0 Å². The van der Waals surface area contributed by atoms with E-state index in [0.29, 0.717) is 10.7 Å². The molecule has 0 radical (unpaired) electrons. The molecular weight excluding hydrogens is 256 g/mol. The summed E-state index contributed by atoms with van der Waals surface area (Å²) in [5.74, 6) is 0.630. The first-order valence-corrected chi connectivity index (χ1v) is 6.81. The predicted molar refractivity (Wildman–Crippen MR) is 87.3 cm³/mol. The largest absolute Gasteiger partial charge is 0.497 e. The van der Waals surface area contributed by atoms with Crippen molar-refractivity contribution in [2.75, 3.05) is 20.3 Å². The van der Waals surface area contributed by atoms with Crippen molar-refractivity contribution in [2.45, 2.75) is 20.3 Å². The summed E-state index contributed by atoms with van der Waals surface area (Å²) in [5.41, 5.74) is 1.89. The van der Waals surface area contributed by atoms with Crippen molar-refractivity contribution >= 4 is 23.3 Å². The lowest BCUT2D eigenvalue weighted by molar-refractivity contribution is 0.148. The molecule has 0 aromatic heterocycles. The molecule has 106 valence electrons. The van der Waals surface area contributed by atoms with Crippen molar-refractivity contribution in [2.24, 2.45) is 0 Å². The summed E-state index contributed by atoms with van der Waals surface area (Å²) in [6.07, 6.45) is 1.13. The molecule has 0 saturated carbocycles. The highest BCUT2D eigenvalue weighted by molar-refractivity contribution is 7.90. The Hall–Kier alpha value is -1.19. The van der Waals surface area contributed by atoms with Gasteiger partial charge >= 0.3 is 0 Å². The maximum Gasteiger partial charge on any atom is 0.119 e. The summed E-state index contributed by atoms with van der Waals surface area (Å²) in [6, 6.07) is 7.74. The maximum absolute atomic E-state index is 5.06. The van der Waals surface area contributed by atoms with Crippen LogP contribution in [0.2, 0.25) is 0 Å². The van der Waals surface area contributed by atoms with Crippen molar-refractivity contribution in [1.29, 1.82) is 0 Å². The molecule has 0 N–H and O–H groups in total. The standard InChI is InChI=1S/C11H12OS.C5H12O/c1-8(12-3)10-6-4-5-7-11(10)9(2)13;1-3-5-6-4-2/h4-7,13H,1-2H2,3H3;3-5H2,1-2H3. The molecule has 1 aromatic rings. The first-order chi connectivity index (χ1) is 9.08. The van der Waals surface area contributed by atoms with Crippen LogP contribution in [0.15, 0.2) is 37.4 Å². The van der Waals surface area contributed by atoms with Crippen molar-refractivity contribution in [3.05, 3.63) is 48.6 Å². The van der Waals surface area contributed by atoms with E-state index in [0.717, 1.165) is 30.8 Å². The van der Waals surface area contributed by atoms with Gasteiger partial charge in [-0.2, -0.15) is 0 Å². The van der Waals surface area contributed by atoms with Crippen LogP contribution >= 0.6 is 12.6 Å². The van der Waals surface area contributed by atoms with E-state index in [1.54, 1.807) is 7.11 Å². The zero-order chi connectivity index (χ0) is 14.7. The topological polar surface area (TPSA) is 18.5 Å². The molecule has 19 heavy (non-hydrogen) atoms. The molecule has 2 nitrogen and oxygen atoms in total. The van der Waals surface area contributed by atoms with Gasteiger partial charge in [-0.05, 0) is 18.9 Å². The summed E-state index contributed by atoms with van der Waals surface area (Å²) >= 11 is 4.20. The number of hydrogen-bond donors (Lipinski definition) is 1. The fourth-order valence-corrected chi connectivity index (χ4v) is 1.57. The zero-order valence-corrected chi connectivity index (χ0v) is 13.0. The van der Waals surface area contributed by atoms with Gasteiger partial charge in [-0.3, -0.25) is 0 Å². The maximum atomic E-state index is 5.06. The molecule has 0 aliphatic carbocycles. The van der Waals surface area contributed by atoms with E-state index in [1.807, 2.05) is 31.2 Å². The fourth-order valence-electron chi connectivity index (χ4n) is 1.38. The minimum atomic E-state index is 0.630. The number of benzene rings is 1. The minimum absolute atomic E-state index is 0.630. The molecular formula is C16H24O2S. The Morgan fingerprint density at radius 2 is 1.74 bits per heavy atom. The normalized spacial score (nSPS) is 9.26. The lowest BCUT2D eigenvalue weighted by atomic mass is 10.1. The molecule has 1 aromatic carbocycles. The monoisotopic (exact) mass is 280 g/mol. The molecule has 0 aliphatic rings. The van der Waals surface area contributed by atoms with Crippen LogP contribution in [0, 0.1) is 0 Å². The van der Waals surface area contributed by atoms with Gasteiger partial charge in [0.2, 0.25) is 0 Å². The molecule has 0 spiro atoms. The molecule has 0 saturated heterocycles. The van der Waals surface area contributed by atoms with E-state index in [1.165, 1.54) is 0 Å². The summed E-state index contributed by atoms with van der Waals surface area (Å²) in [7, 11) is 1.60. The highest BCUT2D eigenvalue weighted by Crippen LogP contribution is 2.25. The first kappa shape index (κ1) is 17.8. The van der Waals surface area contributed by atoms with Gasteiger partial charge in [-0.15, -0.1) is 12.6 Å². The predicted octanol–water partition coefficient (Wildman–Crippen LogP) is 4.64. The molecule has 0 bridgehead atoms. The quantitative estimate of drug-likeness (QED) is 0.465. The summed E-state index contributed by atoms with van der Waals surface area (Å²) < 4.78 is 10.0. The summed E-state index contributed by atoms with van der Waals surface area (Å²) in [6.45, 7) is 13.4. The van der Waals surface area contributed by atoms with Crippen LogP contribution in [0.5, 0.6) is 0 Å². The number of methoxy groups -OCH3 is 1. The number of rotatable bonds is 6. The highest BCUT2D eigenvalue weighted by Gasteiger charge is 2.05. The summed E-state index contributed by atoms with van der Waals surface area (Å²) in [5, 5.41) is 0. The average molecular weight is 280 g/mol. The third kappa shape index (κ3) is 7.09. The van der Waals surface area contributed by atoms with Crippen molar-refractivity contribution in [3.8, 4) is 0 Å².